The third-order valence-corrected chi connectivity index (χ3v) is 5.95. The minimum absolute atomic E-state index is 0.0731. The SMILES string of the molecule is COc1cc(-c2onc(N(C)C)c2C(=O)N2[C@@H]3CC[C@H]2CN(C)CC3)ccc1F. The Kier molecular flexibility index (Phi) is 5.21. The molecule has 1 aromatic heterocycles. The van der Waals surface area contributed by atoms with Crippen molar-refractivity contribution in [2.24, 2.45) is 0 Å². The van der Waals surface area contributed by atoms with Crippen molar-refractivity contribution in [3.8, 4) is 17.1 Å². The number of anilines is 1. The van der Waals surface area contributed by atoms with Gasteiger partial charge in [0.25, 0.3) is 5.91 Å². The molecule has 29 heavy (non-hydrogen) atoms. The zero-order valence-electron chi connectivity index (χ0n) is 17.3. The van der Waals surface area contributed by atoms with Gasteiger partial charge in [-0.1, -0.05) is 5.16 Å². The van der Waals surface area contributed by atoms with Crippen molar-refractivity contribution in [2.45, 2.75) is 31.3 Å². The van der Waals surface area contributed by atoms with Crippen LogP contribution in [0.1, 0.15) is 29.6 Å². The van der Waals surface area contributed by atoms with Gasteiger partial charge in [0.2, 0.25) is 0 Å². The van der Waals surface area contributed by atoms with Crippen molar-refractivity contribution in [2.75, 3.05) is 46.2 Å². The van der Waals surface area contributed by atoms with Crippen LogP contribution in [0.5, 0.6) is 5.75 Å². The van der Waals surface area contributed by atoms with Crippen LogP contribution in [-0.4, -0.2) is 74.3 Å². The smallest absolute Gasteiger partial charge is 0.262 e. The highest BCUT2D eigenvalue weighted by molar-refractivity contribution is 6.04. The van der Waals surface area contributed by atoms with Crippen molar-refractivity contribution in [3.63, 3.8) is 0 Å². The maximum Gasteiger partial charge on any atom is 0.262 e. The molecule has 1 amide bonds. The molecule has 0 spiro atoms. The van der Waals surface area contributed by atoms with E-state index in [9.17, 15) is 9.18 Å². The summed E-state index contributed by atoms with van der Waals surface area (Å²) >= 11 is 0. The molecule has 1 aromatic carbocycles. The standard InChI is InChI=1S/C21H27FN4O3/c1-24(2)20-18(19(29-23-20)13-5-8-16(22)17(11-13)28-4)21(27)26-14-6-7-15(26)12-25(3)10-9-14/h5,8,11,14-15H,6-7,9-10,12H2,1-4H3/t14-,15+/m1/s1. The molecular formula is C21H27FN4O3. The summed E-state index contributed by atoms with van der Waals surface area (Å²) < 4.78 is 24.6. The van der Waals surface area contributed by atoms with Gasteiger partial charge in [-0.3, -0.25) is 4.79 Å². The molecule has 0 aliphatic carbocycles. The molecule has 4 rings (SSSR count). The van der Waals surface area contributed by atoms with Crippen molar-refractivity contribution in [1.82, 2.24) is 15.0 Å². The van der Waals surface area contributed by atoms with Gasteiger partial charge in [-0.15, -0.1) is 0 Å². The molecule has 0 N–H and O–H groups in total. The fourth-order valence-electron chi connectivity index (χ4n) is 4.48. The maximum absolute atomic E-state index is 13.9. The number of likely N-dealkylation sites (tertiary alicyclic amines) is 1. The van der Waals surface area contributed by atoms with E-state index < -0.39 is 5.82 Å². The number of halogens is 1. The molecule has 3 heterocycles. The molecule has 2 atom stereocenters. The summed E-state index contributed by atoms with van der Waals surface area (Å²) in [6.45, 7) is 1.85. The number of methoxy groups -OCH3 is 1. The van der Waals surface area contributed by atoms with Gasteiger partial charge in [0.1, 0.15) is 5.56 Å². The predicted molar refractivity (Wildman–Crippen MR) is 108 cm³/mol. The second-order valence-corrected chi connectivity index (χ2v) is 8.10. The van der Waals surface area contributed by atoms with Crippen LogP contribution in [0.4, 0.5) is 10.2 Å². The summed E-state index contributed by atoms with van der Waals surface area (Å²) in [5, 5.41) is 4.15. The number of amides is 1. The number of carbonyl (C=O) groups is 1. The lowest BCUT2D eigenvalue weighted by Gasteiger charge is -2.29. The number of nitrogens with zero attached hydrogens (tertiary/aromatic N) is 4. The number of carbonyl (C=O) groups excluding carboxylic acids is 1. The van der Waals surface area contributed by atoms with Gasteiger partial charge in [0.15, 0.2) is 23.1 Å². The van der Waals surface area contributed by atoms with Crippen LogP contribution in [0.15, 0.2) is 22.7 Å². The molecule has 2 aromatic rings. The lowest BCUT2D eigenvalue weighted by atomic mass is 10.1. The Labute approximate surface area is 170 Å². The highest BCUT2D eigenvalue weighted by atomic mass is 19.1. The van der Waals surface area contributed by atoms with E-state index in [0.29, 0.717) is 22.7 Å². The van der Waals surface area contributed by atoms with E-state index in [1.165, 1.54) is 19.2 Å². The first-order valence-corrected chi connectivity index (χ1v) is 9.92. The number of hydrogen-bond donors (Lipinski definition) is 0. The third-order valence-electron chi connectivity index (χ3n) is 5.95. The van der Waals surface area contributed by atoms with Crippen LogP contribution in [0.3, 0.4) is 0 Å². The first-order chi connectivity index (χ1) is 13.9. The molecule has 0 unspecified atom stereocenters. The maximum atomic E-state index is 13.9. The Morgan fingerprint density at radius 2 is 2.03 bits per heavy atom. The lowest BCUT2D eigenvalue weighted by molar-refractivity contribution is 0.0674. The van der Waals surface area contributed by atoms with Crippen LogP contribution in [0.2, 0.25) is 0 Å². The van der Waals surface area contributed by atoms with E-state index in [1.54, 1.807) is 11.0 Å². The van der Waals surface area contributed by atoms with E-state index in [0.717, 1.165) is 32.4 Å². The molecule has 2 bridgehead atoms. The van der Waals surface area contributed by atoms with Crippen molar-refractivity contribution in [3.05, 3.63) is 29.6 Å². The third kappa shape index (κ3) is 3.46. The Morgan fingerprint density at radius 3 is 2.76 bits per heavy atom. The van der Waals surface area contributed by atoms with Gasteiger partial charge in [-0.2, -0.15) is 0 Å². The molecule has 2 fully saturated rings. The summed E-state index contributed by atoms with van der Waals surface area (Å²) in [6, 6.07) is 4.83. The van der Waals surface area contributed by atoms with Crippen LogP contribution in [0.25, 0.3) is 11.3 Å². The van der Waals surface area contributed by atoms with Gasteiger partial charge >= 0.3 is 0 Å². The second kappa shape index (κ2) is 7.67. The number of rotatable bonds is 4. The molecule has 0 saturated carbocycles. The van der Waals surface area contributed by atoms with Crippen LogP contribution in [0, 0.1) is 5.82 Å². The molecule has 2 saturated heterocycles. The van der Waals surface area contributed by atoms with E-state index in [2.05, 4.69) is 17.1 Å². The van der Waals surface area contributed by atoms with E-state index in [4.69, 9.17) is 9.26 Å². The lowest BCUT2D eigenvalue weighted by Crippen LogP contribution is -2.43. The average Bonchev–Trinajstić information content (AvgIpc) is 3.26. The van der Waals surface area contributed by atoms with Crippen LogP contribution >= 0.6 is 0 Å². The second-order valence-electron chi connectivity index (χ2n) is 8.10. The first kappa shape index (κ1) is 19.7. The summed E-state index contributed by atoms with van der Waals surface area (Å²) in [7, 11) is 7.17. The summed E-state index contributed by atoms with van der Waals surface area (Å²) in [5.74, 6) is 0.376. The Morgan fingerprint density at radius 1 is 1.28 bits per heavy atom. The van der Waals surface area contributed by atoms with E-state index >= 15 is 0 Å². The van der Waals surface area contributed by atoms with Gasteiger partial charge in [0.05, 0.1) is 7.11 Å². The monoisotopic (exact) mass is 402 g/mol. The molecule has 8 heteroatoms. The van der Waals surface area contributed by atoms with Crippen molar-refractivity contribution in [1.29, 1.82) is 0 Å². The number of fused-ring (bicyclic) bond motifs is 2. The molecule has 7 nitrogen and oxygen atoms in total. The van der Waals surface area contributed by atoms with E-state index in [-0.39, 0.29) is 23.7 Å². The Hall–Kier alpha value is -2.61. The quantitative estimate of drug-likeness (QED) is 0.784. The highest BCUT2D eigenvalue weighted by Gasteiger charge is 2.42. The first-order valence-electron chi connectivity index (χ1n) is 9.92. The Bertz CT molecular complexity index is 913. The van der Waals surface area contributed by atoms with E-state index in [1.807, 2.05) is 19.0 Å². The van der Waals surface area contributed by atoms with Gasteiger partial charge in [-0.05, 0) is 51.1 Å². The van der Waals surface area contributed by atoms with Gasteiger partial charge in [0, 0.05) is 38.3 Å². The largest absolute Gasteiger partial charge is 0.494 e. The molecule has 0 radical (unpaired) electrons. The average molecular weight is 402 g/mol. The molecule has 156 valence electrons. The summed E-state index contributed by atoms with van der Waals surface area (Å²) in [6.07, 6.45) is 2.98. The summed E-state index contributed by atoms with van der Waals surface area (Å²) in [5.41, 5.74) is 0.983. The summed E-state index contributed by atoms with van der Waals surface area (Å²) in [4.78, 5) is 19.9. The van der Waals surface area contributed by atoms with Gasteiger partial charge < -0.3 is 24.0 Å². The minimum Gasteiger partial charge on any atom is -0.494 e. The molecular weight excluding hydrogens is 375 g/mol. The number of hydrogen-bond acceptors (Lipinski definition) is 6. The normalized spacial score (nSPS) is 21.9. The van der Waals surface area contributed by atoms with Crippen LogP contribution < -0.4 is 9.64 Å². The number of benzene rings is 1. The zero-order valence-corrected chi connectivity index (χ0v) is 17.3. The fraction of sp³-hybridized carbons (Fsp3) is 0.524. The number of ether oxygens (including phenoxy) is 1. The fourth-order valence-corrected chi connectivity index (χ4v) is 4.48. The van der Waals surface area contributed by atoms with Crippen molar-refractivity contribution < 1.29 is 18.4 Å². The van der Waals surface area contributed by atoms with Crippen molar-refractivity contribution >= 4 is 11.7 Å². The van der Waals surface area contributed by atoms with Gasteiger partial charge in [-0.25, -0.2) is 4.39 Å². The molecule has 2 aliphatic heterocycles. The highest BCUT2D eigenvalue weighted by Crippen LogP contribution is 2.38. The number of aromatic nitrogens is 1. The predicted octanol–water partition coefficient (Wildman–Crippen LogP) is 2.86. The molecule has 2 aliphatic rings. The zero-order chi connectivity index (χ0) is 20.7. The minimum atomic E-state index is -0.468. The Balaban J connectivity index is 1.79. The number of likely N-dealkylation sites (N-methyl/N-ethyl adjacent to an activating group) is 1. The van der Waals surface area contributed by atoms with Crippen LogP contribution in [-0.2, 0) is 0 Å². The topological polar surface area (TPSA) is 62.1 Å².